The largest absolute Gasteiger partial charge is 0.484 e. The Bertz CT molecular complexity index is 1150. The smallest absolute Gasteiger partial charge is 0.316 e. The summed E-state index contributed by atoms with van der Waals surface area (Å²) in [5, 5.41) is 9.72. The van der Waals surface area contributed by atoms with E-state index in [0.29, 0.717) is 32.9 Å². The zero-order chi connectivity index (χ0) is 22.5. The van der Waals surface area contributed by atoms with Crippen molar-refractivity contribution in [2.75, 3.05) is 26.5 Å². The molecule has 1 aromatic heterocycles. The van der Waals surface area contributed by atoms with Crippen molar-refractivity contribution in [3.05, 3.63) is 52.3 Å². The number of nitrogens with one attached hydrogen (secondary N) is 2. The zero-order valence-corrected chi connectivity index (χ0v) is 17.9. The molecular formula is C20H16Cl2N4O6. The van der Waals surface area contributed by atoms with Gasteiger partial charge in [0, 0.05) is 24.7 Å². The SMILES string of the molecule is O=C(COc1ccc(Cl)c(Cl)c1)NCCNC(=O)c1nc(-c2ccc3c(c2)OCO3)no1. The Labute approximate surface area is 191 Å². The molecule has 32 heavy (non-hydrogen) atoms. The predicted molar refractivity (Wildman–Crippen MR) is 113 cm³/mol. The van der Waals surface area contributed by atoms with Crippen molar-refractivity contribution in [2.24, 2.45) is 0 Å². The Morgan fingerprint density at radius 1 is 1.00 bits per heavy atom. The Morgan fingerprint density at radius 3 is 2.66 bits per heavy atom. The fourth-order valence-corrected chi connectivity index (χ4v) is 2.98. The second-order valence-corrected chi connectivity index (χ2v) is 7.28. The van der Waals surface area contributed by atoms with E-state index in [-0.39, 0.29) is 44.1 Å². The first kappa shape index (κ1) is 21.7. The third-order valence-corrected chi connectivity index (χ3v) is 4.98. The Hall–Kier alpha value is -3.50. The van der Waals surface area contributed by atoms with Crippen LogP contribution in [0.5, 0.6) is 17.2 Å². The molecule has 10 nitrogen and oxygen atoms in total. The van der Waals surface area contributed by atoms with Crippen molar-refractivity contribution >= 4 is 35.0 Å². The van der Waals surface area contributed by atoms with Gasteiger partial charge in [-0.2, -0.15) is 4.98 Å². The summed E-state index contributed by atoms with van der Waals surface area (Å²) in [6, 6.07) is 9.84. The van der Waals surface area contributed by atoms with Gasteiger partial charge in [0.1, 0.15) is 5.75 Å². The summed E-state index contributed by atoms with van der Waals surface area (Å²) in [6.07, 6.45) is 0. The molecule has 2 heterocycles. The fourth-order valence-electron chi connectivity index (χ4n) is 2.69. The first-order chi connectivity index (χ1) is 15.5. The number of carbonyl (C=O) groups excluding carboxylic acids is 2. The monoisotopic (exact) mass is 478 g/mol. The lowest BCUT2D eigenvalue weighted by Gasteiger charge is -2.08. The summed E-state index contributed by atoms with van der Waals surface area (Å²) < 4.78 is 20.9. The summed E-state index contributed by atoms with van der Waals surface area (Å²) in [5.74, 6) is 0.710. The van der Waals surface area contributed by atoms with E-state index in [2.05, 4.69) is 20.8 Å². The van der Waals surface area contributed by atoms with Gasteiger partial charge in [-0.05, 0) is 30.3 Å². The zero-order valence-electron chi connectivity index (χ0n) is 16.4. The van der Waals surface area contributed by atoms with Crippen LogP contribution in [-0.2, 0) is 4.79 Å². The molecule has 12 heteroatoms. The lowest BCUT2D eigenvalue weighted by atomic mass is 10.2. The topological polar surface area (TPSA) is 125 Å². The number of benzene rings is 2. The fraction of sp³-hybridized carbons (Fsp3) is 0.200. The number of aromatic nitrogens is 2. The van der Waals surface area contributed by atoms with Crippen LogP contribution in [0.2, 0.25) is 10.0 Å². The number of carbonyl (C=O) groups is 2. The standard InChI is InChI=1S/C20H16Cl2N4O6/c21-13-3-2-12(8-14(13)22)29-9-17(27)23-5-6-24-19(28)20-25-18(26-32-20)11-1-4-15-16(7-11)31-10-30-15/h1-4,7-8H,5-6,9-10H2,(H,23,27)(H,24,28). The van der Waals surface area contributed by atoms with E-state index < -0.39 is 5.91 Å². The average Bonchev–Trinajstić information content (AvgIpc) is 3.46. The number of ether oxygens (including phenoxy) is 3. The number of rotatable bonds is 8. The maximum Gasteiger partial charge on any atom is 0.316 e. The third kappa shape index (κ3) is 5.21. The molecule has 0 saturated heterocycles. The molecular weight excluding hydrogens is 463 g/mol. The Morgan fingerprint density at radius 2 is 1.81 bits per heavy atom. The molecule has 1 aliphatic heterocycles. The normalized spacial score (nSPS) is 11.8. The average molecular weight is 479 g/mol. The van der Waals surface area contributed by atoms with Crippen LogP contribution >= 0.6 is 23.2 Å². The maximum atomic E-state index is 12.2. The van der Waals surface area contributed by atoms with Crippen molar-refractivity contribution in [3.63, 3.8) is 0 Å². The highest BCUT2D eigenvalue weighted by molar-refractivity contribution is 6.42. The van der Waals surface area contributed by atoms with Gasteiger partial charge in [0.2, 0.25) is 12.6 Å². The van der Waals surface area contributed by atoms with Gasteiger partial charge >= 0.3 is 11.8 Å². The quantitative estimate of drug-likeness (QED) is 0.473. The summed E-state index contributed by atoms with van der Waals surface area (Å²) in [7, 11) is 0. The molecule has 0 fully saturated rings. The molecule has 0 unspecified atom stereocenters. The number of nitrogens with zero attached hydrogens (tertiary/aromatic N) is 2. The summed E-state index contributed by atoms with van der Waals surface area (Å²) in [4.78, 5) is 28.1. The second-order valence-electron chi connectivity index (χ2n) is 6.46. The van der Waals surface area contributed by atoms with Gasteiger partial charge in [-0.25, -0.2) is 0 Å². The molecule has 0 radical (unpaired) electrons. The van der Waals surface area contributed by atoms with Crippen molar-refractivity contribution in [3.8, 4) is 28.6 Å². The van der Waals surface area contributed by atoms with Crippen molar-refractivity contribution in [1.82, 2.24) is 20.8 Å². The van der Waals surface area contributed by atoms with Crippen molar-refractivity contribution in [1.29, 1.82) is 0 Å². The van der Waals surface area contributed by atoms with Crippen molar-refractivity contribution < 1.29 is 28.3 Å². The van der Waals surface area contributed by atoms with Crippen LogP contribution in [0.25, 0.3) is 11.4 Å². The van der Waals surface area contributed by atoms with Crippen LogP contribution < -0.4 is 24.8 Å². The number of halogens is 2. The number of hydrogen-bond donors (Lipinski definition) is 2. The van der Waals surface area contributed by atoms with E-state index in [9.17, 15) is 9.59 Å². The summed E-state index contributed by atoms with van der Waals surface area (Å²) in [6.45, 7) is 0.267. The van der Waals surface area contributed by atoms with Crippen LogP contribution in [0, 0.1) is 0 Å². The molecule has 2 aromatic carbocycles. The van der Waals surface area contributed by atoms with Crippen LogP contribution in [0.3, 0.4) is 0 Å². The van der Waals surface area contributed by atoms with E-state index in [1.165, 1.54) is 6.07 Å². The first-order valence-corrected chi connectivity index (χ1v) is 10.1. The van der Waals surface area contributed by atoms with E-state index in [4.69, 9.17) is 41.9 Å². The number of hydrogen-bond acceptors (Lipinski definition) is 8. The van der Waals surface area contributed by atoms with Gasteiger partial charge < -0.3 is 29.4 Å². The molecule has 0 bridgehead atoms. The minimum Gasteiger partial charge on any atom is -0.484 e. The molecule has 1 aliphatic rings. The van der Waals surface area contributed by atoms with E-state index in [1.54, 1.807) is 30.3 Å². The molecule has 0 atom stereocenters. The van der Waals surface area contributed by atoms with Gasteiger partial charge in [-0.1, -0.05) is 28.4 Å². The lowest BCUT2D eigenvalue weighted by molar-refractivity contribution is -0.123. The van der Waals surface area contributed by atoms with Crippen LogP contribution in [0.1, 0.15) is 10.7 Å². The Balaban J connectivity index is 1.20. The highest BCUT2D eigenvalue weighted by Crippen LogP contribution is 2.35. The van der Waals surface area contributed by atoms with Gasteiger partial charge in [0.15, 0.2) is 18.1 Å². The van der Waals surface area contributed by atoms with Crippen molar-refractivity contribution in [2.45, 2.75) is 0 Å². The summed E-state index contributed by atoms with van der Waals surface area (Å²) >= 11 is 11.7. The van der Waals surface area contributed by atoms with Crippen LogP contribution in [-0.4, -0.2) is 48.4 Å². The van der Waals surface area contributed by atoms with Gasteiger partial charge in [-0.15, -0.1) is 0 Å². The molecule has 3 aromatic rings. The molecule has 4 rings (SSSR count). The molecule has 0 aliphatic carbocycles. The maximum absolute atomic E-state index is 12.2. The van der Waals surface area contributed by atoms with E-state index in [0.717, 1.165) is 0 Å². The molecule has 0 spiro atoms. The second kappa shape index (κ2) is 9.75. The van der Waals surface area contributed by atoms with Crippen LogP contribution in [0.4, 0.5) is 0 Å². The minimum absolute atomic E-state index is 0.150. The Kier molecular flexibility index (Phi) is 6.62. The number of amides is 2. The molecule has 0 saturated carbocycles. The molecule has 2 amide bonds. The van der Waals surface area contributed by atoms with E-state index >= 15 is 0 Å². The minimum atomic E-state index is -0.564. The number of fused-ring (bicyclic) bond motifs is 1. The first-order valence-electron chi connectivity index (χ1n) is 9.36. The van der Waals surface area contributed by atoms with Gasteiger partial charge in [0.05, 0.1) is 10.0 Å². The van der Waals surface area contributed by atoms with Gasteiger partial charge in [-0.3, -0.25) is 9.59 Å². The predicted octanol–water partition coefficient (Wildman–Crippen LogP) is 2.70. The summed E-state index contributed by atoms with van der Waals surface area (Å²) in [5.41, 5.74) is 0.617. The molecule has 166 valence electrons. The highest BCUT2D eigenvalue weighted by atomic mass is 35.5. The lowest BCUT2D eigenvalue weighted by Crippen LogP contribution is -2.36. The van der Waals surface area contributed by atoms with Crippen LogP contribution in [0.15, 0.2) is 40.9 Å². The van der Waals surface area contributed by atoms with Gasteiger partial charge in [0.25, 0.3) is 5.91 Å². The third-order valence-electron chi connectivity index (χ3n) is 4.24. The molecule has 2 N–H and O–H groups in total. The van der Waals surface area contributed by atoms with E-state index in [1.807, 2.05) is 0 Å². The highest BCUT2D eigenvalue weighted by Gasteiger charge is 2.19.